The van der Waals surface area contributed by atoms with Gasteiger partial charge in [-0.1, -0.05) is 12.1 Å². The van der Waals surface area contributed by atoms with Crippen LogP contribution in [0.3, 0.4) is 0 Å². The molecule has 0 radical (unpaired) electrons. The monoisotopic (exact) mass is 405 g/mol. The first-order valence-corrected chi connectivity index (χ1v) is 9.83. The van der Waals surface area contributed by atoms with Gasteiger partial charge in [-0.2, -0.15) is 0 Å². The minimum Gasteiger partial charge on any atom is -0.357 e. The zero-order valence-electron chi connectivity index (χ0n) is 17.5. The van der Waals surface area contributed by atoms with E-state index in [9.17, 15) is 4.79 Å². The molecule has 0 fully saturated rings. The van der Waals surface area contributed by atoms with Gasteiger partial charge in [-0.3, -0.25) is 9.36 Å². The largest absolute Gasteiger partial charge is 0.357 e. The van der Waals surface area contributed by atoms with Crippen LogP contribution in [0.1, 0.15) is 28.4 Å². The van der Waals surface area contributed by atoms with Crippen LogP contribution in [0, 0.1) is 0 Å². The average Bonchev–Trinajstić information content (AvgIpc) is 3.31. The number of imidazole rings is 1. The molecule has 30 heavy (non-hydrogen) atoms. The number of amides is 1. The molecule has 156 valence electrons. The fourth-order valence-electron chi connectivity index (χ4n) is 2.82. The number of nitrogens with zero attached hydrogens (tertiary/aromatic N) is 5. The van der Waals surface area contributed by atoms with Gasteiger partial charge in [-0.25, -0.2) is 15.0 Å². The van der Waals surface area contributed by atoms with Gasteiger partial charge in [0.1, 0.15) is 12.1 Å². The van der Waals surface area contributed by atoms with Crippen molar-refractivity contribution in [2.45, 2.75) is 20.0 Å². The summed E-state index contributed by atoms with van der Waals surface area (Å²) in [7, 11) is 3.50. The summed E-state index contributed by atoms with van der Waals surface area (Å²) in [5, 5.41) is 6.59. The van der Waals surface area contributed by atoms with Crippen LogP contribution < -0.4 is 10.6 Å². The predicted molar refractivity (Wildman–Crippen MR) is 117 cm³/mol. The van der Waals surface area contributed by atoms with Crippen molar-refractivity contribution in [2.75, 3.05) is 20.6 Å². The number of benzene rings is 1. The molecular weight excluding hydrogens is 378 g/mol. The molecule has 0 bridgehead atoms. The second-order valence-corrected chi connectivity index (χ2v) is 6.94. The summed E-state index contributed by atoms with van der Waals surface area (Å²) in [6.07, 6.45) is 7.08. The topological polar surface area (TPSA) is 87.4 Å². The number of carbonyl (C=O) groups excluding carboxylic acids is 1. The number of aliphatic imine (C=N–C) groups is 1. The Bertz CT molecular complexity index is 979. The Morgan fingerprint density at radius 1 is 1.10 bits per heavy atom. The quantitative estimate of drug-likeness (QED) is 0.465. The van der Waals surface area contributed by atoms with Gasteiger partial charge in [0, 0.05) is 51.3 Å². The van der Waals surface area contributed by atoms with Crippen LogP contribution >= 0.6 is 0 Å². The number of pyridine rings is 1. The van der Waals surface area contributed by atoms with Gasteiger partial charge in [0.05, 0.1) is 6.54 Å². The standard InChI is InChI=1S/C22H27N7O/c1-4-24-22(26-14-17-5-7-19(8-6-17)21(30)28(2)3)27-15-18-9-10-25-20(13-18)29-12-11-23-16-29/h5-13,16H,4,14-15H2,1-3H3,(H2,24,26,27). The highest BCUT2D eigenvalue weighted by Gasteiger charge is 2.07. The molecule has 3 aromatic rings. The van der Waals surface area contributed by atoms with E-state index >= 15 is 0 Å². The van der Waals surface area contributed by atoms with Gasteiger partial charge in [-0.05, 0) is 42.3 Å². The molecule has 2 aromatic heterocycles. The first kappa shape index (κ1) is 21.0. The minimum atomic E-state index is -0.00294. The lowest BCUT2D eigenvalue weighted by Gasteiger charge is -2.13. The van der Waals surface area contributed by atoms with Gasteiger partial charge in [0.15, 0.2) is 5.96 Å². The Labute approximate surface area is 176 Å². The average molecular weight is 406 g/mol. The maximum Gasteiger partial charge on any atom is 0.253 e. The lowest BCUT2D eigenvalue weighted by molar-refractivity contribution is 0.0827. The Balaban J connectivity index is 1.62. The van der Waals surface area contributed by atoms with Crippen LogP contribution in [0.15, 0.2) is 66.3 Å². The molecule has 1 aromatic carbocycles. The van der Waals surface area contributed by atoms with Crippen molar-refractivity contribution >= 4 is 11.9 Å². The molecule has 0 spiro atoms. The normalized spacial score (nSPS) is 11.2. The molecule has 0 unspecified atom stereocenters. The summed E-state index contributed by atoms with van der Waals surface area (Å²) in [6, 6.07) is 11.5. The fourth-order valence-corrected chi connectivity index (χ4v) is 2.82. The second kappa shape index (κ2) is 10.2. The molecule has 2 N–H and O–H groups in total. The van der Waals surface area contributed by atoms with Crippen molar-refractivity contribution in [3.05, 3.63) is 78.0 Å². The van der Waals surface area contributed by atoms with Crippen molar-refractivity contribution < 1.29 is 4.79 Å². The van der Waals surface area contributed by atoms with E-state index in [1.807, 2.05) is 54.1 Å². The molecule has 2 heterocycles. The molecule has 8 heteroatoms. The first-order chi connectivity index (χ1) is 14.6. The van der Waals surface area contributed by atoms with E-state index in [0.29, 0.717) is 18.7 Å². The number of hydrogen-bond donors (Lipinski definition) is 2. The minimum absolute atomic E-state index is 0.00294. The lowest BCUT2D eigenvalue weighted by atomic mass is 10.1. The molecule has 1 amide bonds. The lowest BCUT2D eigenvalue weighted by Crippen LogP contribution is -2.36. The van der Waals surface area contributed by atoms with E-state index in [0.717, 1.165) is 29.4 Å². The molecule has 8 nitrogen and oxygen atoms in total. The van der Waals surface area contributed by atoms with Crippen LogP contribution in [-0.4, -0.2) is 51.9 Å². The van der Waals surface area contributed by atoms with Gasteiger partial charge in [0.2, 0.25) is 0 Å². The Morgan fingerprint density at radius 3 is 2.57 bits per heavy atom. The van der Waals surface area contributed by atoms with Crippen LogP contribution in [0.25, 0.3) is 5.82 Å². The zero-order valence-corrected chi connectivity index (χ0v) is 17.5. The molecular formula is C22H27N7O. The van der Waals surface area contributed by atoms with E-state index in [-0.39, 0.29) is 5.91 Å². The number of carbonyl (C=O) groups is 1. The summed E-state index contributed by atoms with van der Waals surface area (Å²) in [5.74, 6) is 1.54. The Kier molecular flexibility index (Phi) is 7.15. The number of rotatable bonds is 7. The van der Waals surface area contributed by atoms with Crippen molar-refractivity contribution in [1.82, 2.24) is 30.1 Å². The van der Waals surface area contributed by atoms with Gasteiger partial charge >= 0.3 is 0 Å². The predicted octanol–water partition coefficient (Wildman–Crippen LogP) is 2.22. The summed E-state index contributed by atoms with van der Waals surface area (Å²) in [5.41, 5.74) is 2.80. The van der Waals surface area contributed by atoms with Crippen LogP contribution in [-0.2, 0) is 13.1 Å². The SMILES string of the molecule is CCNC(=NCc1ccnc(-n2ccnc2)c1)NCc1ccc(C(=O)N(C)C)cc1. The fraction of sp³-hybridized carbons (Fsp3) is 0.273. The van der Waals surface area contributed by atoms with E-state index < -0.39 is 0 Å². The summed E-state index contributed by atoms with van der Waals surface area (Å²) >= 11 is 0. The second-order valence-electron chi connectivity index (χ2n) is 6.94. The maximum atomic E-state index is 12.0. The highest BCUT2D eigenvalue weighted by atomic mass is 16.2. The van der Waals surface area contributed by atoms with Gasteiger partial charge in [-0.15, -0.1) is 0 Å². The number of guanidine groups is 1. The molecule has 0 saturated carbocycles. The van der Waals surface area contributed by atoms with Crippen molar-refractivity contribution in [3.63, 3.8) is 0 Å². The van der Waals surface area contributed by atoms with E-state index in [2.05, 4.69) is 25.6 Å². The van der Waals surface area contributed by atoms with Gasteiger partial charge < -0.3 is 15.5 Å². The van der Waals surface area contributed by atoms with Crippen LogP contribution in [0.4, 0.5) is 0 Å². The number of hydrogen-bond acceptors (Lipinski definition) is 4. The molecule has 0 atom stereocenters. The van der Waals surface area contributed by atoms with Gasteiger partial charge in [0.25, 0.3) is 5.91 Å². The number of nitrogens with one attached hydrogen (secondary N) is 2. The third-order valence-electron chi connectivity index (χ3n) is 4.41. The molecule has 0 aliphatic carbocycles. The van der Waals surface area contributed by atoms with Crippen molar-refractivity contribution in [1.29, 1.82) is 0 Å². The van der Waals surface area contributed by atoms with E-state index in [1.54, 1.807) is 37.7 Å². The van der Waals surface area contributed by atoms with E-state index in [4.69, 9.17) is 0 Å². The highest BCUT2D eigenvalue weighted by Crippen LogP contribution is 2.09. The van der Waals surface area contributed by atoms with Crippen molar-refractivity contribution in [3.8, 4) is 5.82 Å². The summed E-state index contributed by atoms with van der Waals surface area (Å²) in [4.78, 5) is 26.7. The van der Waals surface area contributed by atoms with Crippen LogP contribution in [0.2, 0.25) is 0 Å². The zero-order chi connectivity index (χ0) is 21.3. The number of aromatic nitrogens is 3. The highest BCUT2D eigenvalue weighted by molar-refractivity contribution is 5.93. The smallest absolute Gasteiger partial charge is 0.253 e. The molecule has 0 aliphatic rings. The third-order valence-corrected chi connectivity index (χ3v) is 4.41. The Morgan fingerprint density at radius 2 is 1.90 bits per heavy atom. The maximum absolute atomic E-state index is 12.0. The molecule has 0 aliphatic heterocycles. The third kappa shape index (κ3) is 5.66. The first-order valence-electron chi connectivity index (χ1n) is 9.83. The van der Waals surface area contributed by atoms with E-state index in [1.165, 1.54) is 0 Å². The molecule has 3 rings (SSSR count). The Hall–Kier alpha value is -3.68. The van der Waals surface area contributed by atoms with Crippen molar-refractivity contribution in [2.24, 2.45) is 4.99 Å². The summed E-state index contributed by atoms with van der Waals surface area (Å²) in [6.45, 7) is 3.93. The van der Waals surface area contributed by atoms with Crippen LogP contribution in [0.5, 0.6) is 0 Å². The molecule has 0 saturated heterocycles. The summed E-state index contributed by atoms with van der Waals surface area (Å²) < 4.78 is 1.86.